The number of thioether (sulfide) groups is 1. The number of nitrogens with one attached hydrogen (secondary N) is 2. The lowest BCUT2D eigenvalue weighted by Crippen LogP contribution is -2.33. The molecule has 152 valence electrons. The molecule has 1 aliphatic rings. The molecule has 2 N–H and O–H groups in total. The van der Waals surface area contributed by atoms with Crippen LogP contribution in [0.25, 0.3) is 11.4 Å². The minimum Gasteiger partial charge on any atom is -0.353 e. The molecule has 0 unspecified atom stereocenters. The summed E-state index contributed by atoms with van der Waals surface area (Å²) >= 11 is 1.38. The molecule has 0 saturated heterocycles. The Labute approximate surface area is 169 Å². The van der Waals surface area contributed by atoms with E-state index >= 15 is 0 Å². The van der Waals surface area contributed by atoms with Gasteiger partial charge in [-0.3, -0.25) is 9.52 Å². The number of rotatable bonds is 8. The minimum absolute atomic E-state index is 0.0281. The number of carbonyl (C=O) groups is 1. The van der Waals surface area contributed by atoms with Crippen molar-refractivity contribution in [2.45, 2.75) is 50.4 Å². The largest absolute Gasteiger partial charge is 0.353 e. The maximum Gasteiger partial charge on any atom is 0.230 e. The Balaban J connectivity index is 1.66. The van der Waals surface area contributed by atoms with E-state index in [0.29, 0.717) is 35.0 Å². The van der Waals surface area contributed by atoms with Crippen molar-refractivity contribution in [3.8, 4) is 11.4 Å². The summed E-state index contributed by atoms with van der Waals surface area (Å²) < 4.78 is 27.0. The number of nitrogens with zero attached hydrogens (tertiary/aromatic N) is 3. The van der Waals surface area contributed by atoms with E-state index < -0.39 is 10.0 Å². The molecule has 0 atom stereocenters. The molecule has 1 heterocycles. The Morgan fingerprint density at radius 1 is 1.21 bits per heavy atom. The summed E-state index contributed by atoms with van der Waals surface area (Å²) in [6, 6.07) is 7.28. The van der Waals surface area contributed by atoms with E-state index in [-0.39, 0.29) is 5.91 Å². The molecule has 1 aromatic heterocycles. The third-order valence-corrected chi connectivity index (χ3v) is 6.11. The first-order chi connectivity index (χ1) is 13.4. The predicted octanol–water partition coefficient (Wildman–Crippen LogP) is 2.49. The molecule has 1 saturated carbocycles. The predicted molar refractivity (Wildman–Crippen MR) is 111 cm³/mol. The third kappa shape index (κ3) is 5.48. The zero-order valence-electron chi connectivity index (χ0n) is 16.0. The van der Waals surface area contributed by atoms with Crippen molar-refractivity contribution >= 4 is 33.4 Å². The molecule has 1 aliphatic carbocycles. The molecule has 2 aromatic rings. The molecule has 28 heavy (non-hydrogen) atoms. The van der Waals surface area contributed by atoms with E-state index in [2.05, 4.69) is 20.2 Å². The average Bonchev–Trinajstić information content (AvgIpc) is 3.28. The van der Waals surface area contributed by atoms with Gasteiger partial charge in [0.25, 0.3) is 0 Å². The van der Waals surface area contributed by atoms with Crippen LogP contribution in [0.2, 0.25) is 0 Å². The van der Waals surface area contributed by atoms with Gasteiger partial charge in [0.1, 0.15) is 0 Å². The van der Waals surface area contributed by atoms with Crippen molar-refractivity contribution in [3.63, 3.8) is 0 Å². The topological polar surface area (TPSA) is 106 Å². The molecule has 0 bridgehead atoms. The number of sulfonamides is 1. The number of aromatic nitrogens is 3. The van der Waals surface area contributed by atoms with E-state index in [9.17, 15) is 13.2 Å². The molecule has 1 fully saturated rings. The number of hydrogen-bond acceptors (Lipinski definition) is 6. The smallest absolute Gasteiger partial charge is 0.230 e. The van der Waals surface area contributed by atoms with Gasteiger partial charge in [-0.2, -0.15) is 0 Å². The summed E-state index contributed by atoms with van der Waals surface area (Å²) in [7, 11) is -3.31. The van der Waals surface area contributed by atoms with Crippen molar-refractivity contribution < 1.29 is 13.2 Å². The van der Waals surface area contributed by atoms with Gasteiger partial charge in [-0.15, -0.1) is 10.2 Å². The van der Waals surface area contributed by atoms with Crippen LogP contribution < -0.4 is 10.0 Å². The fourth-order valence-electron chi connectivity index (χ4n) is 3.27. The lowest BCUT2D eigenvalue weighted by atomic mass is 10.2. The quantitative estimate of drug-likeness (QED) is 0.632. The fraction of sp³-hybridized carbons (Fsp3) is 0.500. The summed E-state index contributed by atoms with van der Waals surface area (Å²) in [5.74, 6) is 1.03. The summed E-state index contributed by atoms with van der Waals surface area (Å²) in [5, 5.41) is 12.3. The van der Waals surface area contributed by atoms with Crippen molar-refractivity contribution in [1.82, 2.24) is 20.1 Å². The van der Waals surface area contributed by atoms with Crippen LogP contribution in [0.15, 0.2) is 29.4 Å². The maximum absolute atomic E-state index is 12.2. The first-order valence-corrected chi connectivity index (χ1v) is 12.2. The van der Waals surface area contributed by atoms with Gasteiger partial charge in [-0.25, -0.2) is 8.42 Å². The van der Waals surface area contributed by atoms with Crippen LogP contribution in [0.4, 0.5) is 5.69 Å². The van der Waals surface area contributed by atoms with E-state index in [1.54, 1.807) is 24.3 Å². The zero-order valence-corrected chi connectivity index (χ0v) is 17.6. The molecule has 1 amide bonds. The molecule has 8 nitrogen and oxygen atoms in total. The molecule has 10 heteroatoms. The van der Waals surface area contributed by atoms with Gasteiger partial charge in [0.2, 0.25) is 15.9 Å². The molecule has 0 spiro atoms. The highest BCUT2D eigenvalue weighted by atomic mass is 32.2. The van der Waals surface area contributed by atoms with Crippen molar-refractivity contribution in [2.75, 3.05) is 16.7 Å². The van der Waals surface area contributed by atoms with Gasteiger partial charge in [0.15, 0.2) is 11.0 Å². The van der Waals surface area contributed by atoms with Crippen LogP contribution in [-0.4, -0.2) is 47.1 Å². The highest BCUT2D eigenvalue weighted by Gasteiger charge is 2.19. The summed E-state index contributed by atoms with van der Waals surface area (Å²) in [5.41, 5.74) is 1.32. The standard InChI is InChI=1S/C18H25N5O3S2/c1-3-23-17(13-8-10-15(11-9-13)22-28(2,25)26)20-21-18(23)27-12-16(24)19-14-6-4-5-7-14/h8-11,14,22H,3-7,12H2,1-2H3,(H,19,24). The molecule has 0 radical (unpaired) electrons. The highest BCUT2D eigenvalue weighted by Crippen LogP contribution is 2.25. The Morgan fingerprint density at radius 2 is 1.89 bits per heavy atom. The second kappa shape index (κ2) is 8.95. The second-order valence-electron chi connectivity index (χ2n) is 6.84. The first-order valence-electron chi connectivity index (χ1n) is 9.29. The minimum atomic E-state index is -3.31. The highest BCUT2D eigenvalue weighted by molar-refractivity contribution is 7.99. The lowest BCUT2D eigenvalue weighted by molar-refractivity contribution is -0.119. The Kier molecular flexibility index (Phi) is 6.61. The molecule has 1 aromatic carbocycles. The maximum atomic E-state index is 12.2. The van der Waals surface area contributed by atoms with E-state index in [0.717, 1.165) is 24.7 Å². The van der Waals surface area contributed by atoms with Crippen LogP contribution in [0.5, 0.6) is 0 Å². The van der Waals surface area contributed by atoms with Crippen molar-refractivity contribution in [2.24, 2.45) is 0 Å². The fourth-order valence-corrected chi connectivity index (χ4v) is 4.64. The molecule has 3 rings (SSSR count). The van der Waals surface area contributed by atoms with Gasteiger partial charge in [-0.05, 0) is 44.0 Å². The Bertz CT molecular complexity index is 919. The van der Waals surface area contributed by atoms with Crippen LogP contribution >= 0.6 is 11.8 Å². The van der Waals surface area contributed by atoms with Gasteiger partial charge in [-0.1, -0.05) is 24.6 Å². The lowest BCUT2D eigenvalue weighted by Gasteiger charge is -2.12. The van der Waals surface area contributed by atoms with E-state index in [1.165, 1.54) is 24.6 Å². The van der Waals surface area contributed by atoms with Crippen LogP contribution in [0.1, 0.15) is 32.6 Å². The summed E-state index contributed by atoms with van der Waals surface area (Å²) in [6.45, 7) is 2.66. The Hall–Kier alpha value is -2.07. The number of benzene rings is 1. The zero-order chi connectivity index (χ0) is 20.1. The monoisotopic (exact) mass is 423 g/mol. The van der Waals surface area contributed by atoms with Gasteiger partial charge in [0.05, 0.1) is 12.0 Å². The van der Waals surface area contributed by atoms with Gasteiger partial charge in [0, 0.05) is 23.8 Å². The van der Waals surface area contributed by atoms with Gasteiger partial charge < -0.3 is 9.88 Å². The normalized spacial score (nSPS) is 14.9. The van der Waals surface area contributed by atoms with Crippen molar-refractivity contribution in [1.29, 1.82) is 0 Å². The number of amides is 1. The summed E-state index contributed by atoms with van der Waals surface area (Å²) in [4.78, 5) is 12.2. The second-order valence-corrected chi connectivity index (χ2v) is 9.53. The van der Waals surface area contributed by atoms with Crippen LogP contribution in [0, 0.1) is 0 Å². The molecular weight excluding hydrogens is 398 g/mol. The van der Waals surface area contributed by atoms with Crippen LogP contribution in [-0.2, 0) is 21.4 Å². The third-order valence-electron chi connectivity index (χ3n) is 4.53. The summed E-state index contributed by atoms with van der Waals surface area (Å²) in [6.07, 6.45) is 5.61. The average molecular weight is 424 g/mol. The van der Waals surface area contributed by atoms with Gasteiger partial charge >= 0.3 is 0 Å². The SMILES string of the molecule is CCn1c(SCC(=O)NC2CCCC2)nnc1-c1ccc(NS(C)(=O)=O)cc1. The van der Waals surface area contributed by atoms with E-state index in [1.807, 2.05) is 11.5 Å². The number of hydrogen-bond donors (Lipinski definition) is 2. The van der Waals surface area contributed by atoms with Crippen LogP contribution in [0.3, 0.4) is 0 Å². The molecule has 0 aliphatic heterocycles. The Morgan fingerprint density at radius 3 is 2.50 bits per heavy atom. The van der Waals surface area contributed by atoms with Crippen molar-refractivity contribution in [3.05, 3.63) is 24.3 Å². The number of carbonyl (C=O) groups excluding carboxylic acids is 1. The number of anilines is 1. The van der Waals surface area contributed by atoms with E-state index in [4.69, 9.17) is 0 Å². The molecular formula is C18H25N5O3S2. The first kappa shape index (κ1) is 20.7.